The number of rotatable bonds is 11. The van der Waals surface area contributed by atoms with Crippen LogP contribution < -0.4 is 9.62 Å². The Kier molecular flexibility index (Phi) is 9.72. The summed E-state index contributed by atoms with van der Waals surface area (Å²) in [6.07, 6.45) is 0. The molecule has 3 aromatic carbocycles. The molecule has 3 rings (SSSR count). The Morgan fingerprint density at radius 3 is 2.00 bits per heavy atom. The summed E-state index contributed by atoms with van der Waals surface area (Å²) in [5.41, 5.74) is 1.16. The molecule has 0 spiro atoms. The first-order valence-corrected chi connectivity index (χ1v) is 13.9. The number of nitrogens with zero attached hydrogens (tertiary/aromatic N) is 2. The number of hydrogen-bond donors (Lipinski definition) is 1. The van der Waals surface area contributed by atoms with E-state index in [2.05, 4.69) is 5.32 Å². The van der Waals surface area contributed by atoms with Gasteiger partial charge in [0, 0.05) is 18.1 Å². The molecule has 0 saturated carbocycles. The minimum atomic E-state index is -4.11. The van der Waals surface area contributed by atoms with Crippen molar-refractivity contribution in [1.82, 2.24) is 10.2 Å². The number of hydrogen-bond acceptors (Lipinski definition) is 4. The molecule has 9 heteroatoms. The first kappa shape index (κ1) is 28.2. The molecular weight excluding hydrogens is 510 g/mol. The zero-order valence-corrected chi connectivity index (χ0v) is 22.7. The maximum absolute atomic E-state index is 13.8. The molecule has 1 atom stereocenters. The summed E-state index contributed by atoms with van der Waals surface area (Å²) in [5, 5.41) is 3.27. The van der Waals surface area contributed by atoms with E-state index in [0.29, 0.717) is 17.3 Å². The normalized spacial score (nSPS) is 12.1. The van der Waals surface area contributed by atoms with Crippen molar-refractivity contribution in [2.45, 2.75) is 38.3 Å². The summed E-state index contributed by atoms with van der Waals surface area (Å²) >= 11 is 5.96. The van der Waals surface area contributed by atoms with Crippen LogP contribution in [0.4, 0.5) is 5.69 Å². The molecule has 0 bridgehead atoms. The lowest BCUT2D eigenvalue weighted by Crippen LogP contribution is -2.51. The van der Waals surface area contributed by atoms with Crippen molar-refractivity contribution in [1.29, 1.82) is 0 Å². The smallest absolute Gasteiger partial charge is 0.264 e. The predicted octanol–water partition coefficient (Wildman–Crippen LogP) is 4.72. The van der Waals surface area contributed by atoms with Gasteiger partial charge in [-0.15, -0.1) is 0 Å². The maximum atomic E-state index is 13.8. The lowest BCUT2D eigenvalue weighted by molar-refractivity contribution is -0.139. The van der Waals surface area contributed by atoms with Gasteiger partial charge in [0.1, 0.15) is 12.6 Å². The molecule has 0 aromatic heterocycles. The summed E-state index contributed by atoms with van der Waals surface area (Å²) in [4.78, 5) is 28.1. The Labute approximate surface area is 224 Å². The van der Waals surface area contributed by atoms with E-state index in [1.54, 1.807) is 37.3 Å². The van der Waals surface area contributed by atoms with Crippen LogP contribution in [0.5, 0.6) is 0 Å². The van der Waals surface area contributed by atoms with Crippen LogP contribution >= 0.6 is 11.6 Å². The highest BCUT2D eigenvalue weighted by Crippen LogP contribution is 2.25. The van der Waals surface area contributed by atoms with Gasteiger partial charge in [-0.05, 0) is 54.8 Å². The van der Waals surface area contributed by atoms with E-state index in [9.17, 15) is 18.0 Å². The van der Waals surface area contributed by atoms with Crippen LogP contribution in [0.25, 0.3) is 0 Å². The van der Waals surface area contributed by atoms with Gasteiger partial charge in [-0.25, -0.2) is 8.42 Å². The van der Waals surface area contributed by atoms with E-state index in [1.165, 1.54) is 29.2 Å². The number of sulfonamides is 1. The summed E-state index contributed by atoms with van der Waals surface area (Å²) in [6, 6.07) is 22.7. The summed E-state index contributed by atoms with van der Waals surface area (Å²) in [6.45, 7) is 5.76. The molecule has 2 amide bonds. The minimum Gasteiger partial charge on any atom is -0.354 e. The number of amides is 2. The molecule has 7 nitrogen and oxygen atoms in total. The van der Waals surface area contributed by atoms with Crippen LogP contribution in [0.15, 0.2) is 89.8 Å². The molecule has 0 saturated heterocycles. The van der Waals surface area contributed by atoms with Crippen LogP contribution in [-0.4, -0.2) is 44.3 Å². The molecule has 196 valence electrons. The number of para-hydroxylation sites is 1. The van der Waals surface area contributed by atoms with Crippen LogP contribution in [0.2, 0.25) is 5.02 Å². The number of halogens is 1. The number of carbonyl (C=O) groups excluding carboxylic acids is 2. The van der Waals surface area contributed by atoms with Gasteiger partial charge < -0.3 is 10.2 Å². The highest BCUT2D eigenvalue weighted by Gasteiger charge is 2.32. The summed E-state index contributed by atoms with van der Waals surface area (Å²) < 4.78 is 28.4. The number of anilines is 1. The highest BCUT2D eigenvalue weighted by atomic mass is 35.5. The van der Waals surface area contributed by atoms with Crippen molar-refractivity contribution >= 4 is 39.1 Å². The first-order valence-electron chi connectivity index (χ1n) is 12.0. The van der Waals surface area contributed by atoms with E-state index in [0.717, 1.165) is 9.87 Å². The maximum Gasteiger partial charge on any atom is 0.264 e. The van der Waals surface area contributed by atoms with Crippen molar-refractivity contribution in [3.63, 3.8) is 0 Å². The predicted molar refractivity (Wildman–Crippen MR) is 147 cm³/mol. The Morgan fingerprint density at radius 2 is 1.43 bits per heavy atom. The summed E-state index contributed by atoms with van der Waals surface area (Å²) in [5.74, 6) is -0.560. The van der Waals surface area contributed by atoms with Crippen LogP contribution in [0.3, 0.4) is 0 Å². The van der Waals surface area contributed by atoms with Crippen LogP contribution in [0.1, 0.15) is 26.3 Å². The zero-order valence-electron chi connectivity index (χ0n) is 21.2. The third-order valence-corrected chi connectivity index (χ3v) is 7.81. The highest BCUT2D eigenvalue weighted by molar-refractivity contribution is 7.92. The largest absolute Gasteiger partial charge is 0.354 e. The molecule has 0 aliphatic heterocycles. The molecule has 37 heavy (non-hydrogen) atoms. The Bertz CT molecular complexity index is 1280. The molecule has 3 aromatic rings. The monoisotopic (exact) mass is 541 g/mol. The van der Waals surface area contributed by atoms with E-state index in [1.807, 2.05) is 44.2 Å². The van der Waals surface area contributed by atoms with Gasteiger partial charge in [0.15, 0.2) is 0 Å². The Hall–Kier alpha value is -3.36. The number of benzene rings is 3. The first-order chi connectivity index (χ1) is 17.6. The average Bonchev–Trinajstić information content (AvgIpc) is 2.89. The van der Waals surface area contributed by atoms with Crippen molar-refractivity contribution in [3.8, 4) is 0 Å². The quantitative estimate of drug-likeness (QED) is 0.380. The van der Waals surface area contributed by atoms with Gasteiger partial charge in [0.2, 0.25) is 11.8 Å². The molecule has 1 N–H and O–H groups in total. The second kappa shape index (κ2) is 12.7. The standard InChI is InChI=1S/C28H32ClN3O4S/c1-21(2)18-30-28(34)22(3)31(19-23-10-6-4-7-11-23)27(33)20-32(25-12-8-5-9-13-25)37(35,36)26-16-14-24(29)15-17-26/h4-17,21-22H,18-20H2,1-3H3,(H,30,34). The minimum absolute atomic E-state index is 0.00545. The van der Waals surface area contributed by atoms with Crippen LogP contribution in [-0.2, 0) is 26.2 Å². The second-order valence-electron chi connectivity index (χ2n) is 9.12. The molecule has 0 heterocycles. The van der Waals surface area contributed by atoms with Crippen molar-refractivity contribution in [3.05, 3.63) is 95.5 Å². The average molecular weight is 542 g/mol. The molecule has 0 aliphatic rings. The fraction of sp³-hybridized carbons (Fsp3) is 0.286. The lowest BCUT2D eigenvalue weighted by Gasteiger charge is -2.32. The van der Waals surface area contributed by atoms with Gasteiger partial charge >= 0.3 is 0 Å². The number of nitrogens with one attached hydrogen (secondary N) is 1. The van der Waals surface area contributed by atoms with Crippen LogP contribution in [0, 0.1) is 5.92 Å². The molecule has 0 fully saturated rings. The summed E-state index contributed by atoms with van der Waals surface area (Å²) in [7, 11) is -4.11. The van der Waals surface area contributed by atoms with Gasteiger partial charge in [-0.3, -0.25) is 13.9 Å². The second-order valence-corrected chi connectivity index (χ2v) is 11.4. The van der Waals surface area contributed by atoms with Crippen molar-refractivity contribution < 1.29 is 18.0 Å². The molecular formula is C28H32ClN3O4S. The Balaban J connectivity index is 1.97. The fourth-order valence-corrected chi connectivity index (χ4v) is 5.21. The molecule has 1 unspecified atom stereocenters. The van der Waals surface area contributed by atoms with Gasteiger partial charge in [-0.1, -0.05) is 74.0 Å². The lowest BCUT2D eigenvalue weighted by atomic mass is 10.1. The van der Waals surface area contributed by atoms with Gasteiger partial charge in [-0.2, -0.15) is 0 Å². The topological polar surface area (TPSA) is 86.8 Å². The van der Waals surface area contributed by atoms with Crippen molar-refractivity contribution in [2.75, 3.05) is 17.4 Å². The van der Waals surface area contributed by atoms with Crippen molar-refractivity contribution in [2.24, 2.45) is 5.92 Å². The zero-order chi connectivity index (χ0) is 27.0. The fourth-order valence-electron chi connectivity index (χ4n) is 3.67. The van der Waals surface area contributed by atoms with E-state index in [-0.39, 0.29) is 23.3 Å². The van der Waals surface area contributed by atoms with E-state index >= 15 is 0 Å². The molecule has 0 radical (unpaired) electrons. The third-order valence-electron chi connectivity index (χ3n) is 5.77. The SMILES string of the molecule is CC(C)CNC(=O)C(C)N(Cc1ccccc1)C(=O)CN(c1ccccc1)S(=O)(=O)c1ccc(Cl)cc1. The van der Waals surface area contributed by atoms with Gasteiger partial charge in [0.25, 0.3) is 10.0 Å². The van der Waals surface area contributed by atoms with E-state index in [4.69, 9.17) is 11.6 Å². The van der Waals surface area contributed by atoms with Gasteiger partial charge in [0.05, 0.1) is 10.6 Å². The van der Waals surface area contributed by atoms with E-state index < -0.39 is 28.5 Å². The third kappa shape index (κ3) is 7.57. The number of carbonyl (C=O) groups is 2. The molecule has 0 aliphatic carbocycles. The Morgan fingerprint density at radius 1 is 0.865 bits per heavy atom.